The largest absolute Gasteiger partial charge is 0.473 e. The highest BCUT2D eigenvalue weighted by molar-refractivity contribution is 5.79. The van der Waals surface area contributed by atoms with Crippen molar-refractivity contribution in [1.82, 2.24) is 14.9 Å². The maximum absolute atomic E-state index is 12.8. The van der Waals surface area contributed by atoms with Gasteiger partial charge in [-0.3, -0.25) is 9.78 Å². The molecule has 0 aromatic carbocycles. The minimum atomic E-state index is 0.144. The molecule has 2 fully saturated rings. The van der Waals surface area contributed by atoms with Crippen LogP contribution in [0.25, 0.3) is 0 Å². The molecule has 25 heavy (non-hydrogen) atoms. The van der Waals surface area contributed by atoms with Gasteiger partial charge in [0.15, 0.2) is 0 Å². The molecular weight excluding hydrogens is 314 g/mol. The average Bonchev–Trinajstić information content (AvgIpc) is 2.68. The Hall–Kier alpha value is -1.65. The molecule has 0 bridgehead atoms. The number of hydrogen-bond acceptors (Lipinski definition) is 4. The molecule has 138 valence electrons. The van der Waals surface area contributed by atoms with E-state index in [2.05, 4.69) is 21.8 Å². The zero-order valence-corrected chi connectivity index (χ0v) is 15.4. The smallest absolute Gasteiger partial charge is 0.232 e. The summed E-state index contributed by atoms with van der Waals surface area (Å²) >= 11 is 0. The number of likely N-dealkylation sites (tertiary alicyclic amines) is 1. The molecule has 2 heterocycles. The Morgan fingerprint density at radius 1 is 1.16 bits per heavy atom. The predicted octanol–water partition coefficient (Wildman–Crippen LogP) is 3.84. The number of ether oxygens (including phenoxy) is 1. The first-order valence-electron chi connectivity index (χ1n) is 9.97. The average molecular weight is 345 g/mol. The van der Waals surface area contributed by atoms with E-state index in [0.717, 1.165) is 44.7 Å². The molecule has 1 aromatic rings. The standard InChI is InChI=1S/C20H31N3O2/c1-2-3-4-16-5-7-17(8-6-16)20(24)23-13-9-18(10-14-23)25-19-15-21-11-12-22-19/h11-12,15-18H,2-10,13-14H2,1H3. The van der Waals surface area contributed by atoms with Crippen molar-refractivity contribution in [2.24, 2.45) is 11.8 Å². The van der Waals surface area contributed by atoms with Crippen LogP contribution in [0.1, 0.15) is 64.7 Å². The fraction of sp³-hybridized carbons (Fsp3) is 0.750. The molecule has 1 saturated heterocycles. The summed E-state index contributed by atoms with van der Waals surface area (Å²) in [5.74, 6) is 2.08. The van der Waals surface area contributed by atoms with Crippen LogP contribution in [0.5, 0.6) is 5.88 Å². The molecule has 2 aliphatic rings. The lowest BCUT2D eigenvalue weighted by Crippen LogP contribution is -2.45. The minimum Gasteiger partial charge on any atom is -0.473 e. The SMILES string of the molecule is CCCCC1CCC(C(=O)N2CCC(Oc3cnccn3)CC2)CC1. The highest BCUT2D eigenvalue weighted by atomic mass is 16.5. The van der Waals surface area contributed by atoms with Crippen molar-refractivity contribution in [2.75, 3.05) is 13.1 Å². The Bertz CT molecular complexity index is 521. The van der Waals surface area contributed by atoms with Crippen molar-refractivity contribution in [3.63, 3.8) is 0 Å². The van der Waals surface area contributed by atoms with E-state index in [-0.39, 0.29) is 12.0 Å². The van der Waals surface area contributed by atoms with Crippen molar-refractivity contribution in [2.45, 2.75) is 70.8 Å². The van der Waals surface area contributed by atoms with E-state index in [1.807, 2.05) is 0 Å². The van der Waals surface area contributed by atoms with Crippen LogP contribution in [-0.4, -0.2) is 40.0 Å². The summed E-state index contributed by atoms with van der Waals surface area (Å²) in [4.78, 5) is 23.1. The van der Waals surface area contributed by atoms with Crippen LogP contribution < -0.4 is 4.74 Å². The summed E-state index contributed by atoms with van der Waals surface area (Å²) in [6.45, 7) is 3.87. The van der Waals surface area contributed by atoms with Crippen molar-refractivity contribution in [3.05, 3.63) is 18.6 Å². The predicted molar refractivity (Wildman–Crippen MR) is 97.2 cm³/mol. The lowest BCUT2D eigenvalue weighted by atomic mass is 9.79. The van der Waals surface area contributed by atoms with Crippen molar-refractivity contribution in [3.8, 4) is 5.88 Å². The number of carbonyl (C=O) groups excluding carboxylic acids is 1. The molecule has 1 saturated carbocycles. The van der Waals surface area contributed by atoms with Gasteiger partial charge in [-0.15, -0.1) is 0 Å². The molecule has 0 unspecified atom stereocenters. The van der Waals surface area contributed by atoms with Gasteiger partial charge >= 0.3 is 0 Å². The molecule has 0 atom stereocenters. The van der Waals surface area contributed by atoms with E-state index in [1.165, 1.54) is 32.1 Å². The molecule has 1 aliphatic carbocycles. The van der Waals surface area contributed by atoms with Crippen molar-refractivity contribution < 1.29 is 9.53 Å². The number of hydrogen-bond donors (Lipinski definition) is 0. The number of unbranched alkanes of at least 4 members (excludes halogenated alkanes) is 1. The van der Waals surface area contributed by atoms with Gasteiger partial charge in [0.1, 0.15) is 6.10 Å². The van der Waals surface area contributed by atoms with Crippen molar-refractivity contribution >= 4 is 5.91 Å². The van der Waals surface area contributed by atoms with Gasteiger partial charge in [-0.25, -0.2) is 4.98 Å². The fourth-order valence-corrected chi connectivity index (χ4v) is 4.16. The second-order valence-electron chi connectivity index (χ2n) is 7.55. The van der Waals surface area contributed by atoms with Gasteiger partial charge in [0.2, 0.25) is 11.8 Å². The molecular formula is C20H31N3O2. The molecule has 1 aliphatic heterocycles. The Labute approximate surface area is 151 Å². The first-order chi connectivity index (χ1) is 12.3. The Morgan fingerprint density at radius 3 is 2.56 bits per heavy atom. The van der Waals surface area contributed by atoms with E-state index in [9.17, 15) is 4.79 Å². The highest BCUT2D eigenvalue weighted by Gasteiger charge is 2.31. The van der Waals surface area contributed by atoms with Gasteiger partial charge in [-0.05, 0) is 31.6 Å². The maximum atomic E-state index is 12.8. The summed E-state index contributed by atoms with van der Waals surface area (Å²) in [5, 5.41) is 0. The molecule has 1 aromatic heterocycles. The number of piperidine rings is 1. The summed E-state index contributed by atoms with van der Waals surface area (Å²) in [7, 11) is 0. The Morgan fingerprint density at radius 2 is 1.92 bits per heavy atom. The van der Waals surface area contributed by atoms with Crippen LogP contribution >= 0.6 is 0 Å². The van der Waals surface area contributed by atoms with Gasteiger partial charge in [-0.1, -0.05) is 26.2 Å². The summed E-state index contributed by atoms with van der Waals surface area (Å²) in [5.41, 5.74) is 0. The second-order valence-corrected chi connectivity index (χ2v) is 7.55. The number of aromatic nitrogens is 2. The molecule has 5 heteroatoms. The Kier molecular flexibility index (Phi) is 6.65. The molecule has 3 rings (SSSR count). The third-order valence-corrected chi connectivity index (χ3v) is 5.74. The van der Waals surface area contributed by atoms with E-state index < -0.39 is 0 Å². The van der Waals surface area contributed by atoms with Crippen LogP contribution in [-0.2, 0) is 4.79 Å². The minimum absolute atomic E-state index is 0.144. The summed E-state index contributed by atoms with van der Waals surface area (Å²) in [6, 6.07) is 0. The van der Waals surface area contributed by atoms with Gasteiger partial charge < -0.3 is 9.64 Å². The van der Waals surface area contributed by atoms with Gasteiger partial charge in [0, 0.05) is 44.2 Å². The van der Waals surface area contributed by atoms with Crippen LogP contribution in [0.15, 0.2) is 18.6 Å². The van der Waals surface area contributed by atoms with Gasteiger partial charge in [-0.2, -0.15) is 0 Å². The highest BCUT2D eigenvalue weighted by Crippen LogP contribution is 2.33. The molecule has 0 N–H and O–H groups in total. The molecule has 0 radical (unpaired) electrons. The number of carbonyl (C=O) groups is 1. The number of rotatable bonds is 6. The summed E-state index contributed by atoms with van der Waals surface area (Å²) in [6.07, 6.45) is 15.5. The third kappa shape index (κ3) is 5.16. The number of nitrogens with zero attached hydrogens (tertiary/aromatic N) is 3. The van der Waals surface area contributed by atoms with Crippen LogP contribution in [0.4, 0.5) is 0 Å². The van der Waals surface area contributed by atoms with E-state index in [0.29, 0.717) is 11.8 Å². The zero-order chi connectivity index (χ0) is 17.5. The second kappa shape index (κ2) is 9.16. The van der Waals surface area contributed by atoms with Crippen LogP contribution in [0.3, 0.4) is 0 Å². The van der Waals surface area contributed by atoms with Crippen LogP contribution in [0.2, 0.25) is 0 Å². The van der Waals surface area contributed by atoms with E-state index in [4.69, 9.17) is 4.74 Å². The van der Waals surface area contributed by atoms with Crippen molar-refractivity contribution in [1.29, 1.82) is 0 Å². The third-order valence-electron chi connectivity index (χ3n) is 5.74. The molecule has 0 spiro atoms. The normalized spacial score (nSPS) is 24.9. The molecule has 1 amide bonds. The van der Waals surface area contributed by atoms with Gasteiger partial charge in [0.05, 0.1) is 6.20 Å². The monoisotopic (exact) mass is 345 g/mol. The van der Waals surface area contributed by atoms with Crippen LogP contribution in [0, 0.1) is 11.8 Å². The molecule has 5 nitrogen and oxygen atoms in total. The number of amides is 1. The first kappa shape index (κ1) is 18.2. The lowest BCUT2D eigenvalue weighted by molar-refractivity contribution is -0.138. The zero-order valence-electron chi connectivity index (χ0n) is 15.4. The van der Waals surface area contributed by atoms with Gasteiger partial charge in [0.25, 0.3) is 0 Å². The lowest BCUT2D eigenvalue weighted by Gasteiger charge is -2.36. The Balaban J connectivity index is 1.40. The van der Waals surface area contributed by atoms with E-state index in [1.54, 1.807) is 18.6 Å². The maximum Gasteiger partial charge on any atom is 0.232 e. The topological polar surface area (TPSA) is 55.3 Å². The fourth-order valence-electron chi connectivity index (χ4n) is 4.16. The van der Waals surface area contributed by atoms with E-state index >= 15 is 0 Å². The quantitative estimate of drug-likeness (QED) is 0.786. The summed E-state index contributed by atoms with van der Waals surface area (Å²) < 4.78 is 5.87. The first-order valence-corrected chi connectivity index (χ1v) is 9.97.